The maximum Gasteiger partial charge on any atom is 0.254 e. The molecule has 0 bridgehead atoms. The average molecular weight is 461 g/mol. The first-order valence-electron chi connectivity index (χ1n) is 12.3. The molecule has 3 fully saturated rings. The lowest BCUT2D eigenvalue weighted by atomic mass is 9.75. The maximum absolute atomic E-state index is 12.3. The van der Waals surface area contributed by atoms with Crippen LogP contribution in [0.15, 0.2) is 36.5 Å². The van der Waals surface area contributed by atoms with Crippen molar-refractivity contribution in [3.8, 4) is 6.07 Å². The second-order valence-electron chi connectivity index (χ2n) is 10.2. The Morgan fingerprint density at radius 2 is 1.85 bits per heavy atom. The SMILES string of the molecule is N#CCC1(n2cc(C(N)=O)c(NC(=O)CC3CC3)n2)CCC(N2CC(c3ccccc3)C2)CC1. The topological polar surface area (TPSA) is 117 Å². The van der Waals surface area contributed by atoms with E-state index in [0.29, 0.717) is 30.7 Å². The van der Waals surface area contributed by atoms with Crippen molar-refractivity contribution in [2.45, 2.75) is 68.9 Å². The summed E-state index contributed by atoms with van der Waals surface area (Å²) in [6, 6.07) is 13.5. The summed E-state index contributed by atoms with van der Waals surface area (Å²) in [6.45, 7) is 2.15. The Bertz CT molecular complexity index is 1090. The molecule has 1 saturated heterocycles. The van der Waals surface area contributed by atoms with Gasteiger partial charge in [0, 0.05) is 37.7 Å². The van der Waals surface area contributed by atoms with E-state index in [-0.39, 0.29) is 17.3 Å². The molecule has 8 heteroatoms. The van der Waals surface area contributed by atoms with E-state index in [1.807, 2.05) is 0 Å². The number of nitrogens with two attached hydrogens (primary N) is 1. The summed E-state index contributed by atoms with van der Waals surface area (Å²) in [6.07, 6.45) is 8.05. The third kappa shape index (κ3) is 4.58. The number of anilines is 1. The van der Waals surface area contributed by atoms with E-state index in [4.69, 9.17) is 5.73 Å². The van der Waals surface area contributed by atoms with Gasteiger partial charge in [0.15, 0.2) is 5.82 Å². The summed E-state index contributed by atoms with van der Waals surface area (Å²) in [5.74, 6) is 0.478. The first-order chi connectivity index (χ1) is 16.5. The van der Waals surface area contributed by atoms with Crippen LogP contribution < -0.4 is 11.1 Å². The van der Waals surface area contributed by atoms with Gasteiger partial charge in [-0.25, -0.2) is 0 Å². The quantitative estimate of drug-likeness (QED) is 0.626. The molecule has 2 amide bonds. The number of likely N-dealkylation sites (tertiary alicyclic amines) is 1. The molecule has 8 nitrogen and oxygen atoms in total. The van der Waals surface area contributed by atoms with Gasteiger partial charge >= 0.3 is 0 Å². The molecule has 5 rings (SSSR count). The van der Waals surface area contributed by atoms with Crippen LogP contribution in [0, 0.1) is 17.2 Å². The summed E-state index contributed by atoms with van der Waals surface area (Å²) in [7, 11) is 0. The first-order valence-corrected chi connectivity index (χ1v) is 12.3. The highest BCUT2D eigenvalue weighted by atomic mass is 16.2. The Balaban J connectivity index is 1.26. The molecular weight excluding hydrogens is 428 g/mol. The van der Waals surface area contributed by atoms with Crippen LogP contribution in [0.3, 0.4) is 0 Å². The molecule has 0 spiro atoms. The van der Waals surface area contributed by atoms with Crippen molar-refractivity contribution in [2.75, 3.05) is 18.4 Å². The van der Waals surface area contributed by atoms with Gasteiger partial charge in [0.05, 0.1) is 18.0 Å². The number of benzene rings is 1. The van der Waals surface area contributed by atoms with Gasteiger partial charge in [0.25, 0.3) is 5.91 Å². The van der Waals surface area contributed by atoms with Gasteiger partial charge in [0.2, 0.25) is 5.91 Å². The lowest BCUT2D eigenvalue weighted by molar-refractivity contribution is -0.116. The number of nitrogens with one attached hydrogen (secondary N) is 1. The first kappa shape index (κ1) is 22.6. The third-order valence-corrected chi connectivity index (χ3v) is 7.89. The van der Waals surface area contributed by atoms with Crippen LogP contribution in [0.5, 0.6) is 0 Å². The number of amides is 2. The maximum atomic E-state index is 12.3. The zero-order chi connectivity index (χ0) is 23.7. The second kappa shape index (κ2) is 9.22. The molecule has 0 radical (unpaired) electrons. The van der Waals surface area contributed by atoms with E-state index in [1.165, 1.54) is 5.56 Å². The zero-order valence-electron chi connectivity index (χ0n) is 19.4. The molecule has 2 saturated carbocycles. The standard InChI is InChI=1S/C26H32N6O2/c27-13-12-26(32-17-22(24(28)34)25(30-32)29-23(33)14-18-6-7-18)10-8-21(9-11-26)31-15-20(16-31)19-4-2-1-3-5-19/h1-5,17-18,20-21H,6-12,14-16H2,(H2,28,34)(H,29,30,33). The van der Waals surface area contributed by atoms with E-state index in [2.05, 4.69) is 51.7 Å². The third-order valence-electron chi connectivity index (χ3n) is 7.89. The largest absolute Gasteiger partial charge is 0.365 e. The highest BCUT2D eigenvalue weighted by molar-refractivity contribution is 6.01. The van der Waals surface area contributed by atoms with Crippen molar-refractivity contribution < 1.29 is 9.59 Å². The predicted molar refractivity (Wildman–Crippen MR) is 128 cm³/mol. The summed E-state index contributed by atoms with van der Waals surface area (Å²) in [4.78, 5) is 27.0. The Morgan fingerprint density at radius 1 is 1.15 bits per heavy atom. The predicted octanol–water partition coefficient (Wildman–Crippen LogP) is 3.37. The Labute approximate surface area is 200 Å². The van der Waals surface area contributed by atoms with Gasteiger partial charge < -0.3 is 11.1 Å². The van der Waals surface area contributed by atoms with E-state index in [0.717, 1.165) is 51.6 Å². The van der Waals surface area contributed by atoms with Crippen LogP contribution in [-0.2, 0) is 10.3 Å². The number of rotatable bonds is 8. The lowest BCUT2D eigenvalue weighted by Gasteiger charge is -2.49. The fraction of sp³-hybridized carbons (Fsp3) is 0.538. The van der Waals surface area contributed by atoms with Crippen LogP contribution in [0.1, 0.15) is 73.2 Å². The smallest absolute Gasteiger partial charge is 0.254 e. The van der Waals surface area contributed by atoms with Crippen molar-refractivity contribution in [2.24, 2.45) is 11.7 Å². The molecule has 34 heavy (non-hydrogen) atoms. The molecule has 3 N–H and O–H groups in total. The molecule has 3 aliphatic rings. The molecule has 2 aromatic rings. The Morgan fingerprint density at radius 3 is 2.47 bits per heavy atom. The summed E-state index contributed by atoms with van der Waals surface area (Å²) < 4.78 is 1.74. The Hall–Kier alpha value is -3.18. The van der Waals surface area contributed by atoms with Gasteiger partial charge in [-0.15, -0.1) is 0 Å². The summed E-state index contributed by atoms with van der Waals surface area (Å²) >= 11 is 0. The van der Waals surface area contributed by atoms with Crippen molar-refractivity contribution in [1.82, 2.24) is 14.7 Å². The van der Waals surface area contributed by atoms with Crippen LogP contribution in [0.4, 0.5) is 5.82 Å². The second-order valence-corrected chi connectivity index (χ2v) is 10.2. The van der Waals surface area contributed by atoms with Crippen molar-refractivity contribution in [3.63, 3.8) is 0 Å². The number of nitrogens with zero attached hydrogens (tertiary/aromatic N) is 4. The summed E-state index contributed by atoms with van der Waals surface area (Å²) in [5.41, 5.74) is 6.72. The van der Waals surface area contributed by atoms with Crippen LogP contribution >= 0.6 is 0 Å². The molecule has 0 unspecified atom stereocenters. The summed E-state index contributed by atoms with van der Waals surface area (Å²) in [5, 5.41) is 17.0. The highest BCUT2D eigenvalue weighted by Crippen LogP contribution is 2.42. The lowest BCUT2D eigenvalue weighted by Crippen LogP contribution is -2.53. The van der Waals surface area contributed by atoms with Crippen LogP contribution in [-0.4, -0.2) is 45.6 Å². The van der Waals surface area contributed by atoms with Crippen molar-refractivity contribution >= 4 is 17.6 Å². The molecular formula is C26H32N6O2. The van der Waals surface area contributed by atoms with Crippen molar-refractivity contribution in [3.05, 3.63) is 47.7 Å². The fourth-order valence-electron chi connectivity index (χ4n) is 5.54. The highest BCUT2D eigenvalue weighted by Gasteiger charge is 2.42. The molecule has 2 heterocycles. The minimum atomic E-state index is -0.624. The molecule has 0 atom stereocenters. The fourth-order valence-corrected chi connectivity index (χ4v) is 5.54. The number of hydrogen-bond donors (Lipinski definition) is 2. The average Bonchev–Trinajstić information content (AvgIpc) is 3.50. The molecule has 1 aromatic heterocycles. The number of hydrogen-bond acceptors (Lipinski definition) is 5. The van der Waals surface area contributed by atoms with Gasteiger partial charge in [0.1, 0.15) is 5.56 Å². The van der Waals surface area contributed by atoms with E-state index in [1.54, 1.807) is 10.9 Å². The molecule has 1 aromatic carbocycles. The van der Waals surface area contributed by atoms with Crippen LogP contribution in [0.2, 0.25) is 0 Å². The minimum Gasteiger partial charge on any atom is -0.365 e. The number of primary amides is 1. The molecule has 1 aliphatic heterocycles. The minimum absolute atomic E-state index is 0.140. The monoisotopic (exact) mass is 460 g/mol. The normalized spacial score (nSPS) is 25.3. The van der Waals surface area contributed by atoms with Gasteiger partial charge in [-0.05, 0) is 50.0 Å². The van der Waals surface area contributed by atoms with Gasteiger partial charge in [-0.1, -0.05) is 30.3 Å². The molecule has 178 valence electrons. The zero-order valence-corrected chi connectivity index (χ0v) is 19.4. The van der Waals surface area contributed by atoms with E-state index >= 15 is 0 Å². The van der Waals surface area contributed by atoms with Gasteiger partial charge in [-0.3, -0.25) is 19.2 Å². The number of carbonyl (C=O) groups excluding carboxylic acids is 2. The Kier molecular flexibility index (Phi) is 6.13. The number of aromatic nitrogens is 2. The molecule has 2 aliphatic carbocycles. The van der Waals surface area contributed by atoms with Gasteiger partial charge in [-0.2, -0.15) is 10.4 Å². The van der Waals surface area contributed by atoms with Crippen LogP contribution in [0.25, 0.3) is 0 Å². The number of nitriles is 1. The van der Waals surface area contributed by atoms with Crippen molar-refractivity contribution in [1.29, 1.82) is 5.26 Å². The number of carbonyl (C=O) groups is 2. The van der Waals surface area contributed by atoms with E-state index < -0.39 is 11.4 Å². The van der Waals surface area contributed by atoms with E-state index in [9.17, 15) is 14.9 Å².